The quantitative estimate of drug-likeness (QED) is 0.592. The smallest absolute Gasteiger partial charge is 0.257 e. The van der Waals surface area contributed by atoms with Crippen molar-refractivity contribution in [1.82, 2.24) is 0 Å². The van der Waals surface area contributed by atoms with Crippen molar-refractivity contribution in [2.24, 2.45) is 5.84 Å². The van der Waals surface area contributed by atoms with Crippen molar-refractivity contribution in [3.05, 3.63) is 58.7 Å². The Kier molecular flexibility index (Phi) is 4.05. The highest BCUT2D eigenvalue weighted by Crippen LogP contribution is 2.21. The van der Waals surface area contributed by atoms with Crippen LogP contribution in [0.4, 0.5) is 11.4 Å². The summed E-state index contributed by atoms with van der Waals surface area (Å²) >= 11 is 0. The minimum atomic E-state index is -0.176. The van der Waals surface area contributed by atoms with E-state index in [2.05, 4.69) is 10.7 Å². The lowest BCUT2D eigenvalue weighted by atomic mass is 10.1. The molecule has 2 aromatic carbocycles. The number of amides is 1. The van der Waals surface area contributed by atoms with Gasteiger partial charge in [-0.05, 0) is 50.1 Å². The summed E-state index contributed by atoms with van der Waals surface area (Å²) in [5.41, 5.74) is 7.76. The molecule has 0 fully saturated rings. The molecule has 0 saturated heterocycles. The molecule has 0 aromatic heterocycles. The Balaban J connectivity index is 2.28. The Morgan fingerprint density at radius 1 is 0.950 bits per heavy atom. The van der Waals surface area contributed by atoms with E-state index in [0.717, 1.165) is 16.8 Å². The van der Waals surface area contributed by atoms with Crippen LogP contribution in [0.2, 0.25) is 0 Å². The van der Waals surface area contributed by atoms with E-state index >= 15 is 0 Å². The van der Waals surface area contributed by atoms with Crippen LogP contribution in [-0.2, 0) is 0 Å². The number of hydrogen-bond acceptors (Lipinski definition) is 3. The molecule has 4 N–H and O–H groups in total. The van der Waals surface area contributed by atoms with E-state index in [4.69, 9.17) is 5.84 Å². The van der Waals surface area contributed by atoms with Crippen LogP contribution in [0.1, 0.15) is 27.0 Å². The molecular formula is C16H19N3O. The molecule has 1 amide bonds. The number of hydrazine groups is 1. The number of carbonyl (C=O) groups excluding carboxylic acids is 1. The fourth-order valence-electron chi connectivity index (χ4n) is 2.12. The van der Waals surface area contributed by atoms with Crippen LogP contribution in [0.5, 0.6) is 0 Å². The highest BCUT2D eigenvalue weighted by Gasteiger charge is 2.12. The van der Waals surface area contributed by atoms with Gasteiger partial charge in [0.05, 0.1) is 11.3 Å². The number of rotatable bonds is 3. The van der Waals surface area contributed by atoms with Crippen LogP contribution >= 0.6 is 0 Å². The molecule has 0 radical (unpaired) electrons. The second kappa shape index (κ2) is 5.75. The first-order valence-corrected chi connectivity index (χ1v) is 6.47. The van der Waals surface area contributed by atoms with Gasteiger partial charge in [0.25, 0.3) is 5.91 Å². The summed E-state index contributed by atoms with van der Waals surface area (Å²) in [5.74, 6) is 5.29. The Bertz CT molecular complexity index is 650. The second-order valence-corrected chi connectivity index (χ2v) is 4.97. The van der Waals surface area contributed by atoms with Gasteiger partial charge in [-0.2, -0.15) is 0 Å². The molecule has 0 atom stereocenters. The average molecular weight is 269 g/mol. The molecule has 4 heteroatoms. The van der Waals surface area contributed by atoms with Crippen molar-refractivity contribution in [2.45, 2.75) is 20.8 Å². The van der Waals surface area contributed by atoms with Crippen LogP contribution in [0, 0.1) is 20.8 Å². The Hall–Kier alpha value is -2.33. The number of nitrogens with one attached hydrogen (secondary N) is 2. The van der Waals surface area contributed by atoms with Gasteiger partial charge in [-0.1, -0.05) is 23.8 Å². The molecule has 0 unspecified atom stereocenters. The summed E-state index contributed by atoms with van der Waals surface area (Å²) in [7, 11) is 0. The van der Waals surface area contributed by atoms with Crippen LogP contribution in [0.3, 0.4) is 0 Å². The zero-order valence-electron chi connectivity index (χ0n) is 11.9. The third-order valence-corrected chi connectivity index (χ3v) is 3.21. The maximum absolute atomic E-state index is 12.3. The SMILES string of the molecule is Cc1ccc(NC(=O)c2ccc(C)cc2NN)c(C)c1. The van der Waals surface area contributed by atoms with E-state index in [1.165, 1.54) is 5.56 Å². The maximum atomic E-state index is 12.3. The highest BCUT2D eigenvalue weighted by atomic mass is 16.1. The summed E-state index contributed by atoms with van der Waals surface area (Å²) in [6.45, 7) is 5.95. The van der Waals surface area contributed by atoms with E-state index in [1.54, 1.807) is 6.07 Å². The van der Waals surface area contributed by atoms with Gasteiger partial charge in [-0.3, -0.25) is 10.6 Å². The lowest BCUT2D eigenvalue weighted by Gasteiger charge is -2.12. The van der Waals surface area contributed by atoms with Gasteiger partial charge in [0.15, 0.2) is 0 Å². The van der Waals surface area contributed by atoms with Gasteiger partial charge >= 0.3 is 0 Å². The van der Waals surface area contributed by atoms with Crippen molar-refractivity contribution in [3.63, 3.8) is 0 Å². The van der Waals surface area contributed by atoms with Gasteiger partial charge in [-0.15, -0.1) is 0 Å². The number of carbonyl (C=O) groups is 1. The minimum Gasteiger partial charge on any atom is -0.323 e. The first-order chi connectivity index (χ1) is 9.51. The number of anilines is 2. The summed E-state index contributed by atoms with van der Waals surface area (Å²) in [5, 5.41) is 2.91. The number of nitrogen functional groups attached to an aromatic ring is 1. The molecule has 0 spiro atoms. The molecule has 0 bridgehead atoms. The number of aryl methyl sites for hydroxylation is 3. The standard InChI is InChI=1S/C16H19N3O/c1-10-5-7-14(12(3)8-10)18-16(20)13-6-4-11(2)9-15(13)19-17/h4-9,19H,17H2,1-3H3,(H,18,20). The Morgan fingerprint density at radius 3 is 2.25 bits per heavy atom. The zero-order valence-corrected chi connectivity index (χ0v) is 11.9. The van der Waals surface area contributed by atoms with Gasteiger partial charge in [0.2, 0.25) is 0 Å². The van der Waals surface area contributed by atoms with Crippen molar-refractivity contribution < 1.29 is 4.79 Å². The van der Waals surface area contributed by atoms with Crippen LogP contribution in [0.25, 0.3) is 0 Å². The lowest BCUT2D eigenvalue weighted by molar-refractivity contribution is 0.102. The van der Waals surface area contributed by atoms with Crippen molar-refractivity contribution in [3.8, 4) is 0 Å². The molecular weight excluding hydrogens is 250 g/mol. The molecule has 0 saturated carbocycles. The van der Waals surface area contributed by atoms with Crippen LogP contribution in [0.15, 0.2) is 36.4 Å². The fraction of sp³-hybridized carbons (Fsp3) is 0.188. The summed E-state index contributed by atoms with van der Waals surface area (Å²) in [6, 6.07) is 11.4. The normalized spacial score (nSPS) is 10.2. The van der Waals surface area contributed by atoms with Gasteiger partial charge in [-0.25, -0.2) is 0 Å². The third-order valence-electron chi connectivity index (χ3n) is 3.21. The molecule has 20 heavy (non-hydrogen) atoms. The third kappa shape index (κ3) is 2.97. The monoisotopic (exact) mass is 269 g/mol. The highest BCUT2D eigenvalue weighted by molar-refractivity contribution is 6.08. The van der Waals surface area contributed by atoms with Crippen molar-refractivity contribution in [1.29, 1.82) is 0 Å². The largest absolute Gasteiger partial charge is 0.323 e. The second-order valence-electron chi connectivity index (χ2n) is 4.97. The topological polar surface area (TPSA) is 67.2 Å². The first-order valence-electron chi connectivity index (χ1n) is 6.47. The van der Waals surface area contributed by atoms with E-state index in [0.29, 0.717) is 11.3 Å². The van der Waals surface area contributed by atoms with E-state index in [1.807, 2.05) is 51.1 Å². The predicted molar refractivity (Wildman–Crippen MR) is 82.9 cm³/mol. The average Bonchev–Trinajstić information content (AvgIpc) is 2.41. The number of hydrogen-bond donors (Lipinski definition) is 3. The molecule has 0 heterocycles. The fourth-order valence-corrected chi connectivity index (χ4v) is 2.12. The Morgan fingerprint density at radius 2 is 1.60 bits per heavy atom. The molecule has 0 aliphatic heterocycles. The molecule has 4 nitrogen and oxygen atoms in total. The molecule has 0 aliphatic rings. The van der Waals surface area contributed by atoms with Gasteiger partial charge in [0.1, 0.15) is 0 Å². The van der Waals surface area contributed by atoms with Gasteiger partial charge < -0.3 is 10.7 Å². The predicted octanol–water partition coefficient (Wildman–Crippen LogP) is 3.15. The summed E-state index contributed by atoms with van der Waals surface area (Å²) in [6.07, 6.45) is 0. The molecule has 0 aliphatic carbocycles. The van der Waals surface area contributed by atoms with Gasteiger partial charge in [0, 0.05) is 5.69 Å². The van der Waals surface area contributed by atoms with Crippen LogP contribution in [-0.4, -0.2) is 5.91 Å². The molecule has 104 valence electrons. The molecule has 2 rings (SSSR count). The number of benzene rings is 2. The van der Waals surface area contributed by atoms with E-state index in [9.17, 15) is 4.79 Å². The maximum Gasteiger partial charge on any atom is 0.257 e. The van der Waals surface area contributed by atoms with Crippen molar-refractivity contribution >= 4 is 17.3 Å². The molecule has 2 aromatic rings. The zero-order chi connectivity index (χ0) is 14.7. The summed E-state index contributed by atoms with van der Waals surface area (Å²) in [4.78, 5) is 12.3. The first kappa shape index (κ1) is 14.1. The number of nitrogens with two attached hydrogens (primary N) is 1. The minimum absolute atomic E-state index is 0.176. The van der Waals surface area contributed by atoms with Crippen LogP contribution < -0.4 is 16.6 Å². The van der Waals surface area contributed by atoms with Crippen molar-refractivity contribution in [2.75, 3.05) is 10.7 Å². The van der Waals surface area contributed by atoms with E-state index in [-0.39, 0.29) is 5.91 Å². The van der Waals surface area contributed by atoms with E-state index < -0.39 is 0 Å². The lowest BCUT2D eigenvalue weighted by Crippen LogP contribution is -2.17. The summed E-state index contributed by atoms with van der Waals surface area (Å²) < 4.78 is 0. The Labute approximate surface area is 119 Å².